The van der Waals surface area contributed by atoms with Gasteiger partial charge in [-0.25, -0.2) is 15.0 Å². The summed E-state index contributed by atoms with van der Waals surface area (Å²) in [6.45, 7) is 0. The molecule has 0 saturated carbocycles. The van der Waals surface area contributed by atoms with Gasteiger partial charge in [0.2, 0.25) is 11.5 Å². The average Bonchev–Trinajstić information content (AvgIpc) is 2.70. The summed E-state index contributed by atoms with van der Waals surface area (Å²) in [5.74, 6) is -0.0706. The van der Waals surface area contributed by atoms with E-state index in [1.165, 1.54) is 6.07 Å². The summed E-state index contributed by atoms with van der Waals surface area (Å²) in [5.41, 5.74) is 2.18. The summed E-state index contributed by atoms with van der Waals surface area (Å²) >= 11 is 0. The van der Waals surface area contributed by atoms with Gasteiger partial charge in [-0.15, -0.1) is 0 Å². The second-order valence-electron chi connectivity index (χ2n) is 5.68. The molecular weight excluding hydrogens is 344 g/mol. The molecule has 3 aromatic heterocycles. The van der Waals surface area contributed by atoms with E-state index in [0.29, 0.717) is 16.9 Å². The highest BCUT2D eigenvalue weighted by Crippen LogP contribution is 2.22. The van der Waals surface area contributed by atoms with Crippen LogP contribution in [0.15, 0.2) is 71.9 Å². The Kier molecular flexibility index (Phi) is 4.28. The molecule has 0 bridgehead atoms. The lowest BCUT2D eigenvalue weighted by molar-refractivity contribution is 0.102. The summed E-state index contributed by atoms with van der Waals surface area (Å²) in [4.78, 5) is 38.7. The predicted octanol–water partition coefficient (Wildman–Crippen LogP) is 2.71. The molecule has 0 aliphatic heterocycles. The second-order valence-corrected chi connectivity index (χ2v) is 5.68. The molecule has 0 saturated heterocycles. The standard InChI is InChI=1S/C19H14N6O2/c26-16-7-6-14-15(8-9-20-17(14)24-16)23-13-10-21-19(22-11-13)25-18(27)12-4-2-1-3-5-12/h1-11H,(H2,20,23,24,26)(H,21,22,25,27). The smallest absolute Gasteiger partial charge is 0.258 e. The second kappa shape index (κ2) is 7.04. The van der Waals surface area contributed by atoms with E-state index in [-0.39, 0.29) is 17.4 Å². The van der Waals surface area contributed by atoms with Crippen LogP contribution in [0.5, 0.6) is 0 Å². The molecule has 4 aromatic rings. The highest BCUT2D eigenvalue weighted by Gasteiger charge is 2.08. The Morgan fingerprint density at radius 1 is 0.926 bits per heavy atom. The van der Waals surface area contributed by atoms with E-state index in [2.05, 4.69) is 30.6 Å². The molecule has 8 nitrogen and oxygen atoms in total. The first-order valence-corrected chi connectivity index (χ1v) is 8.12. The molecule has 8 heteroatoms. The summed E-state index contributed by atoms with van der Waals surface area (Å²) in [6, 6.07) is 13.8. The summed E-state index contributed by atoms with van der Waals surface area (Å²) in [7, 11) is 0. The summed E-state index contributed by atoms with van der Waals surface area (Å²) < 4.78 is 0. The molecule has 4 rings (SSSR count). The van der Waals surface area contributed by atoms with Gasteiger partial charge in [0.25, 0.3) is 5.91 Å². The van der Waals surface area contributed by atoms with E-state index >= 15 is 0 Å². The van der Waals surface area contributed by atoms with E-state index in [1.54, 1.807) is 55.0 Å². The van der Waals surface area contributed by atoms with Gasteiger partial charge < -0.3 is 10.3 Å². The number of rotatable bonds is 4. The number of carbonyl (C=O) groups is 1. The average molecular weight is 358 g/mol. The first-order chi connectivity index (χ1) is 13.2. The largest absolute Gasteiger partial charge is 0.352 e. The maximum absolute atomic E-state index is 12.1. The molecule has 1 amide bonds. The fraction of sp³-hybridized carbons (Fsp3) is 0. The first kappa shape index (κ1) is 16.4. The number of anilines is 3. The van der Waals surface area contributed by atoms with Crippen LogP contribution in [0, 0.1) is 0 Å². The number of nitrogens with one attached hydrogen (secondary N) is 3. The predicted molar refractivity (Wildman–Crippen MR) is 102 cm³/mol. The van der Waals surface area contributed by atoms with E-state index in [4.69, 9.17) is 0 Å². The third kappa shape index (κ3) is 3.64. The SMILES string of the molecule is O=C(Nc1ncc(Nc2ccnc3[nH]c(=O)ccc23)cn1)c1ccccc1. The van der Waals surface area contributed by atoms with Crippen molar-refractivity contribution in [1.82, 2.24) is 19.9 Å². The monoisotopic (exact) mass is 358 g/mol. The van der Waals surface area contributed by atoms with Gasteiger partial charge in [0, 0.05) is 23.2 Å². The van der Waals surface area contributed by atoms with Gasteiger partial charge in [-0.1, -0.05) is 18.2 Å². The number of amides is 1. The number of aromatic nitrogens is 4. The molecule has 27 heavy (non-hydrogen) atoms. The number of aromatic amines is 1. The number of carbonyl (C=O) groups excluding carboxylic acids is 1. The van der Waals surface area contributed by atoms with Crippen molar-refractivity contribution in [3.05, 3.63) is 83.0 Å². The minimum Gasteiger partial charge on any atom is -0.352 e. The van der Waals surface area contributed by atoms with Crippen molar-refractivity contribution in [2.24, 2.45) is 0 Å². The zero-order chi connectivity index (χ0) is 18.6. The third-order valence-electron chi connectivity index (χ3n) is 3.83. The van der Waals surface area contributed by atoms with Crippen molar-refractivity contribution in [1.29, 1.82) is 0 Å². The third-order valence-corrected chi connectivity index (χ3v) is 3.83. The summed E-state index contributed by atoms with van der Waals surface area (Å²) in [6.07, 6.45) is 4.72. The van der Waals surface area contributed by atoms with Crippen LogP contribution in [0.2, 0.25) is 0 Å². The highest BCUT2D eigenvalue weighted by atomic mass is 16.1. The van der Waals surface area contributed by atoms with E-state index in [0.717, 1.165) is 11.1 Å². The number of nitrogens with zero attached hydrogens (tertiary/aromatic N) is 3. The summed E-state index contributed by atoms with van der Waals surface area (Å²) in [5, 5.41) is 6.59. The Bertz CT molecular complexity index is 1160. The van der Waals surface area contributed by atoms with E-state index in [9.17, 15) is 9.59 Å². The van der Waals surface area contributed by atoms with Crippen LogP contribution in [-0.4, -0.2) is 25.8 Å². The molecule has 3 heterocycles. The molecular formula is C19H14N6O2. The number of H-pyrrole nitrogens is 1. The van der Waals surface area contributed by atoms with Crippen molar-refractivity contribution >= 4 is 34.3 Å². The number of benzene rings is 1. The van der Waals surface area contributed by atoms with Crippen LogP contribution in [0.1, 0.15) is 10.4 Å². The lowest BCUT2D eigenvalue weighted by atomic mass is 10.2. The fourth-order valence-corrected chi connectivity index (χ4v) is 2.54. The van der Waals surface area contributed by atoms with Gasteiger partial charge in [-0.05, 0) is 24.3 Å². The molecule has 0 unspecified atom stereocenters. The fourth-order valence-electron chi connectivity index (χ4n) is 2.54. The minimum atomic E-state index is -0.277. The quantitative estimate of drug-likeness (QED) is 0.517. The van der Waals surface area contributed by atoms with Crippen LogP contribution in [0.4, 0.5) is 17.3 Å². The number of fused-ring (bicyclic) bond motifs is 1. The van der Waals surface area contributed by atoms with Crippen LogP contribution in [0.3, 0.4) is 0 Å². The molecule has 0 radical (unpaired) electrons. The zero-order valence-corrected chi connectivity index (χ0v) is 14.0. The maximum atomic E-state index is 12.1. The van der Waals surface area contributed by atoms with Gasteiger partial charge >= 0.3 is 0 Å². The zero-order valence-electron chi connectivity index (χ0n) is 14.0. The van der Waals surface area contributed by atoms with Gasteiger partial charge in [0.1, 0.15) is 5.65 Å². The molecule has 0 fully saturated rings. The van der Waals surface area contributed by atoms with E-state index < -0.39 is 0 Å². The number of hydrogen-bond acceptors (Lipinski definition) is 6. The Morgan fingerprint density at radius 2 is 1.70 bits per heavy atom. The normalized spacial score (nSPS) is 10.5. The van der Waals surface area contributed by atoms with Crippen molar-refractivity contribution in [3.8, 4) is 0 Å². The lowest BCUT2D eigenvalue weighted by Gasteiger charge is -2.09. The maximum Gasteiger partial charge on any atom is 0.258 e. The van der Waals surface area contributed by atoms with Crippen LogP contribution < -0.4 is 16.2 Å². The van der Waals surface area contributed by atoms with Crippen LogP contribution >= 0.6 is 0 Å². The molecule has 132 valence electrons. The van der Waals surface area contributed by atoms with Gasteiger partial charge in [-0.3, -0.25) is 14.9 Å². The number of pyridine rings is 2. The molecule has 0 spiro atoms. The highest BCUT2D eigenvalue weighted by molar-refractivity contribution is 6.03. The van der Waals surface area contributed by atoms with Crippen molar-refractivity contribution in [2.75, 3.05) is 10.6 Å². The Morgan fingerprint density at radius 3 is 2.48 bits per heavy atom. The van der Waals surface area contributed by atoms with Crippen LogP contribution in [-0.2, 0) is 0 Å². The first-order valence-electron chi connectivity index (χ1n) is 8.12. The Labute approximate surface area is 153 Å². The topological polar surface area (TPSA) is 113 Å². The molecule has 1 aromatic carbocycles. The van der Waals surface area contributed by atoms with Crippen molar-refractivity contribution in [2.45, 2.75) is 0 Å². The Hall–Kier alpha value is -4.07. The van der Waals surface area contributed by atoms with Gasteiger partial charge in [0.15, 0.2) is 0 Å². The molecule has 0 aliphatic rings. The van der Waals surface area contributed by atoms with Crippen LogP contribution in [0.25, 0.3) is 11.0 Å². The lowest BCUT2D eigenvalue weighted by Crippen LogP contribution is -2.14. The van der Waals surface area contributed by atoms with Gasteiger partial charge in [0.05, 0.1) is 23.8 Å². The molecule has 0 aliphatic carbocycles. The minimum absolute atomic E-state index is 0.207. The molecule has 3 N–H and O–H groups in total. The van der Waals surface area contributed by atoms with E-state index in [1.807, 2.05) is 6.07 Å². The van der Waals surface area contributed by atoms with Crippen molar-refractivity contribution < 1.29 is 4.79 Å². The number of hydrogen-bond donors (Lipinski definition) is 3. The van der Waals surface area contributed by atoms with Gasteiger partial charge in [-0.2, -0.15) is 0 Å². The van der Waals surface area contributed by atoms with Crippen molar-refractivity contribution in [3.63, 3.8) is 0 Å². The Balaban J connectivity index is 1.52. The molecule has 0 atom stereocenters.